The molecule has 7 heteroatoms. The lowest BCUT2D eigenvalue weighted by molar-refractivity contribution is 0.262. The van der Waals surface area contributed by atoms with Crippen molar-refractivity contribution >= 4 is 40.3 Å². The largest absolute Gasteiger partial charge is 0.323 e. The van der Waals surface area contributed by atoms with Crippen LogP contribution in [0.3, 0.4) is 0 Å². The SMILES string of the molecule is O=C(Nc1ccc(-c2csc(-c3ccccc3)n2)cc1)Nc1ccc(F)c(Cl)c1. The maximum Gasteiger partial charge on any atom is 0.323 e. The molecule has 1 aromatic heterocycles. The van der Waals surface area contributed by atoms with E-state index in [1.807, 2.05) is 47.8 Å². The van der Waals surface area contributed by atoms with Gasteiger partial charge in [0.05, 0.1) is 10.7 Å². The van der Waals surface area contributed by atoms with Crippen molar-refractivity contribution in [1.82, 2.24) is 4.98 Å². The van der Waals surface area contributed by atoms with E-state index in [0.717, 1.165) is 21.8 Å². The number of thiazole rings is 1. The molecule has 0 radical (unpaired) electrons. The monoisotopic (exact) mass is 423 g/mol. The van der Waals surface area contributed by atoms with Gasteiger partial charge in [0.2, 0.25) is 0 Å². The van der Waals surface area contributed by atoms with Crippen LogP contribution in [0.2, 0.25) is 5.02 Å². The van der Waals surface area contributed by atoms with Crippen LogP contribution in [0.4, 0.5) is 20.6 Å². The fourth-order valence-corrected chi connectivity index (χ4v) is 3.73. The number of nitrogens with zero attached hydrogens (tertiary/aromatic N) is 1. The van der Waals surface area contributed by atoms with Gasteiger partial charge in [-0.2, -0.15) is 0 Å². The third-order valence-corrected chi connectivity index (χ3v) is 5.32. The number of anilines is 2. The fourth-order valence-electron chi connectivity index (χ4n) is 2.71. The van der Waals surface area contributed by atoms with E-state index in [1.54, 1.807) is 23.5 Å². The molecular formula is C22H15ClFN3OS. The summed E-state index contributed by atoms with van der Waals surface area (Å²) in [5, 5.41) is 8.26. The molecule has 0 saturated carbocycles. The van der Waals surface area contributed by atoms with Gasteiger partial charge in [-0.3, -0.25) is 0 Å². The van der Waals surface area contributed by atoms with E-state index >= 15 is 0 Å². The molecule has 2 amide bonds. The first-order valence-corrected chi connectivity index (χ1v) is 9.99. The topological polar surface area (TPSA) is 54.0 Å². The summed E-state index contributed by atoms with van der Waals surface area (Å²) in [6.45, 7) is 0. The summed E-state index contributed by atoms with van der Waals surface area (Å²) >= 11 is 7.31. The van der Waals surface area contributed by atoms with Crippen LogP contribution in [0.5, 0.6) is 0 Å². The summed E-state index contributed by atoms with van der Waals surface area (Å²) in [4.78, 5) is 16.8. The number of rotatable bonds is 4. The zero-order valence-corrected chi connectivity index (χ0v) is 16.6. The van der Waals surface area contributed by atoms with E-state index in [9.17, 15) is 9.18 Å². The molecule has 0 fully saturated rings. The minimum absolute atomic E-state index is 0.0507. The third kappa shape index (κ3) is 4.62. The first kappa shape index (κ1) is 19.1. The van der Waals surface area contributed by atoms with Crippen molar-refractivity contribution in [1.29, 1.82) is 0 Å². The number of aromatic nitrogens is 1. The highest BCUT2D eigenvalue weighted by atomic mass is 35.5. The van der Waals surface area contributed by atoms with E-state index in [1.165, 1.54) is 18.2 Å². The molecule has 2 N–H and O–H groups in total. The molecule has 4 aromatic rings. The van der Waals surface area contributed by atoms with Crippen LogP contribution in [0.1, 0.15) is 0 Å². The molecule has 1 heterocycles. The number of hydrogen-bond acceptors (Lipinski definition) is 3. The van der Waals surface area contributed by atoms with Crippen molar-refractivity contribution in [3.8, 4) is 21.8 Å². The van der Waals surface area contributed by atoms with Crippen LogP contribution in [-0.2, 0) is 0 Å². The highest BCUT2D eigenvalue weighted by molar-refractivity contribution is 7.13. The smallest absolute Gasteiger partial charge is 0.308 e. The van der Waals surface area contributed by atoms with E-state index in [0.29, 0.717) is 11.4 Å². The number of hydrogen-bond donors (Lipinski definition) is 2. The lowest BCUT2D eigenvalue weighted by atomic mass is 10.1. The summed E-state index contributed by atoms with van der Waals surface area (Å²) in [6.07, 6.45) is 0. The molecule has 0 aliphatic carbocycles. The number of carbonyl (C=O) groups is 1. The Labute approximate surface area is 176 Å². The first-order valence-electron chi connectivity index (χ1n) is 8.73. The van der Waals surface area contributed by atoms with E-state index in [-0.39, 0.29) is 5.02 Å². The number of urea groups is 1. The van der Waals surface area contributed by atoms with Gasteiger partial charge in [0, 0.05) is 27.9 Å². The Bertz CT molecular complexity index is 1150. The highest BCUT2D eigenvalue weighted by Gasteiger charge is 2.08. The Morgan fingerprint density at radius 2 is 1.59 bits per heavy atom. The van der Waals surface area contributed by atoms with Crippen LogP contribution in [0, 0.1) is 5.82 Å². The molecule has 0 spiro atoms. The Balaban J connectivity index is 1.42. The Morgan fingerprint density at radius 1 is 0.897 bits per heavy atom. The predicted octanol–water partition coefficient (Wildman–Crippen LogP) is 6.91. The summed E-state index contributed by atoms with van der Waals surface area (Å²) in [6, 6.07) is 21.0. The molecule has 4 rings (SSSR count). The second-order valence-electron chi connectivity index (χ2n) is 6.19. The second kappa shape index (κ2) is 8.43. The normalized spacial score (nSPS) is 10.6. The number of carbonyl (C=O) groups excluding carboxylic acids is 1. The Morgan fingerprint density at radius 3 is 2.31 bits per heavy atom. The van der Waals surface area contributed by atoms with Crippen LogP contribution in [-0.4, -0.2) is 11.0 Å². The Hall–Kier alpha value is -3.22. The number of amides is 2. The zero-order valence-electron chi connectivity index (χ0n) is 15.0. The predicted molar refractivity (Wildman–Crippen MR) is 117 cm³/mol. The van der Waals surface area contributed by atoms with Crippen LogP contribution in [0.25, 0.3) is 21.8 Å². The van der Waals surface area contributed by atoms with Crippen molar-refractivity contribution in [2.24, 2.45) is 0 Å². The van der Waals surface area contributed by atoms with Gasteiger partial charge in [0.1, 0.15) is 10.8 Å². The van der Waals surface area contributed by atoms with Crippen molar-refractivity contribution in [3.05, 3.63) is 89.0 Å². The first-order chi connectivity index (χ1) is 14.1. The zero-order chi connectivity index (χ0) is 20.2. The summed E-state index contributed by atoms with van der Waals surface area (Å²) in [7, 11) is 0. The molecule has 0 bridgehead atoms. The van der Waals surface area contributed by atoms with Gasteiger partial charge in [-0.05, 0) is 30.3 Å². The van der Waals surface area contributed by atoms with Gasteiger partial charge >= 0.3 is 6.03 Å². The number of benzene rings is 3. The average molecular weight is 424 g/mol. The summed E-state index contributed by atoms with van der Waals surface area (Å²) in [5.41, 5.74) is 3.95. The molecule has 0 unspecified atom stereocenters. The molecule has 4 nitrogen and oxygen atoms in total. The highest BCUT2D eigenvalue weighted by Crippen LogP contribution is 2.29. The lowest BCUT2D eigenvalue weighted by Crippen LogP contribution is -2.19. The van der Waals surface area contributed by atoms with Crippen molar-refractivity contribution in [2.45, 2.75) is 0 Å². The van der Waals surface area contributed by atoms with Crippen molar-refractivity contribution in [2.75, 3.05) is 10.6 Å². The van der Waals surface area contributed by atoms with Crippen LogP contribution < -0.4 is 10.6 Å². The van der Waals surface area contributed by atoms with Gasteiger partial charge in [-0.1, -0.05) is 54.1 Å². The average Bonchev–Trinajstić information content (AvgIpc) is 3.22. The minimum atomic E-state index is -0.536. The molecule has 29 heavy (non-hydrogen) atoms. The lowest BCUT2D eigenvalue weighted by Gasteiger charge is -2.08. The molecular weight excluding hydrogens is 409 g/mol. The molecule has 144 valence electrons. The second-order valence-corrected chi connectivity index (χ2v) is 7.45. The quantitative estimate of drug-likeness (QED) is 0.374. The van der Waals surface area contributed by atoms with Gasteiger partial charge < -0.3 is 10.6 Å². The van der Waals surface area contributed by atoms with E-state index < -0.39 is 11.8 Å². The molecule has 0 aliphatic rings. The molecule has 3 aromatic carbocycles. The Kier molecular flexibility index (Phi) is 5.55. The van der Waals surface area contributed by atoms with Crippen molar-refractivity contribution in [3.63, 3.8) is 0 Å². The van der Waals surface area contributed by atoms with E-state index in [4.69, 9.17) is 11.6 Å². The summed E-state index contributed by atoms with van der Waals surface area (Å²) < 4.78 is 13.2. The van der Waals surface area contributed by atoms with Gasteiger partial charge in [0.25, 0.3) is 0 Å². The van der Waals surface area contributed by atoms with Crippen LogP contribution >= 0.6 is 22.9 Å². The van der Waals surface area contributed by atoms with Crippen molar-refractivity contribution < 1.29 is 9.18 Å². The van der Waals surface area contributed by atoms with Gasteiger partial charge in [-0.15, -0.1) is 11.3 Å². The minimum Gasteiger partial charge on any atom is -0.308 e. The number of nitrogens with one attached hydrogen (secondary N) is 2. The maximum atomic E-state index is 13.2. The molecule has 0 saturated heterocycles. The maximum absolute atomic E-state index is 13.2. The molecule has 0 atom stereocenters. The van der Waals surface area contributed by atoms with Gasteiger partial charge in [-0.25, -0.2) is 14.2 Å². The van der Waals surface area contributed by atoms with Gasteiger partial charge in [0.15, 0.2) is 0 Å². The summed E-state index contributed by atoms with van der Waals surface area (Å²) in [5.74, 6) is -0.536. The standard InChI is InChI=1S/C22H15ClFN3OS/c23-18-12-17(10-11-19(18)24)26-22(28)25-16-8-6-14(7-9-16)20-13-29-21(27-20)15-4-2-1-3-5-15/h1-13H,(H2,25,26,28). The third-order valence-electron chi connectivity index (χ3n) is 4.14. The van der Waals surface area contributed by atoms with E-state index in [2.05, 4.69) is 15.6 Å². The van der Waals surface area contributed by atoms with Crippen LogP contribution in [0.15, 0.2) is 78.2 Å². The number of halogens is 2. The fraction of sp³-hybridized carbons (Fsp3) is 0. The molecule has 0 aliphatic heterocycles.